The number of ketones is 2. The van der Waals surface area contributed by atoms with E-state index in [1.165, 1.54) is 35.4 Å². The maximum Gasteiger partial charge on any atom is 0.374 e. The standard InChI is InChI=1S/C19H17ClFNO3.C11H10ClFO3.C10H13NO/c20-15-6-5-11(7-16(15)21)8-17(24)19(25)22-18-13(10-23)9-12-3-1-2-4-14(12)18;1-2-16-11(15)10(14)6-7-3-4-8(12)9(13)5-7;11-10-8(6-12)5-7-3-1-2-4-9(7)10/h1-7,13,18,23H,8-10H2,(H,22,25);3-5H,2,6H2,1H3;1-4,8,10,12H,5-6,11H2/t13-,18+;;8-,10+/m0.0/s1. The molecule has 53 heavy (non-hydrogen) atoms. The van der Waals surface area contributed by atoms with Gasteiger partial charge >= 0.3 is 5.97 Å². The fourth-order valence-corrected chi connectivity index (χ4v) is 6.42. The minimum absolute atomic E-state index is 0.0210. The summed E-state index contributed by atoms with van der Waals surface area (Å²) in [5, 5.41) is 21.2. The number of halogens is 4. The molecule has 280 valence electrons. The summed E-state index contributed by atoms with van der Waals surface area (Å²) in [6, 6.07) is 23.3. The van der Waals surface area contributed by atoms with E-state index in [9.17, 15) is 33.1 Å². The molecule has 6 rings (SSSR count). The Balaban J connectivity index is 0.000000192. The molecule has 0 saturated carbocycles. The van der Waals surface area contributed by atoms with E-state index in [2.05, 4.69) is 22.2 Å². The van der Waals surface area contributed by atoms with E-state index in [1.54, 1.807) is 6.92 Å². The number of hydrogen-bond acceptors (Lipinski definition) is 8. The zero-order valence-electron chi connectivity index (χ0n) is 28.9. The van der Waals surface area contributed by atoms with Crippen molar-refractivity contribution in [3.8, 4) is 0 Å². The first-order valence-corrected chi connectivity index (χ1v) is 17.7. The van der Waals surface area contributed by atoms with Crippen LogP contribution in [0.1, 0.15) is 52.4 Å². The second-order valence-corrected chi connectivity index (χ2v) is 13.4. The largest absolute Gasteiger partial charge is 0.460 e. The summed E-state index contributed by atoms with van der Waals surface area (Å²) >= 11 is 11.1. The highest BCUT2D eigenvalue weighted by Gasteiger charge is 2.34. The molecule has 4 atom stereocenters. The Morgan fingerprint density at radius 2 is 1.25 bits per heavy atom. The second-order valence-electron chi connectivity index (χ2n) is 12.6. The number of rotatable bonds is 10. The maximum atomic E-state index is 13.4. The predicted molar refractivity (Wildman–Crippen MR) is 196 cm³/mol. The molecule has 0 spiro atoms. The lowest BCUT2D eigenvalue weighted by Crippen LogP contribution is -2.37. The Kier molecular flexibility index (Phi) is 15.2. The van der Waals surface area contributed by atoms with Crippen molar-refractivity contribution in [3.05, 3.63) is 140 Å². The van der Waals surface area contributed by atoms with Crippen LogP contribution >= 0.6 is 23.2 Å². The van der Waals surface area contributed by atoms with Gasteiger partial charge in [0, 0.05) is 43.9 Å². The summed E-state index contributed by atoms with van der Waals surface area (Å²) in [7, 11) is 0. The van der Waals surface area contributed by atoms with Crippen LogP contribution < -0.4 is 11.1 Å². The van der Waals surface area contributed by atoms with Crippen molar-refractivity contribution in [1.29, 1.82) is 0 Å². The molecule has 1 amide bonds. The average molecular weight is 770 g/mol. The quantitative estimate of drug-likeness (QED) is 0.120. The number of nitrogens with one attached hydrogen (secondary N) is 1. The second kappa shape index (κ2) is 19.5. The molecule has 0 fully saturated rings. The van der Waals surface area contributed by atoms with Crippen molar-refractivity contribution < 1.29 is 42.9 Å². The van der Waals surface area contributed by atoms with Crippen molar-refractivity contribution in [3.63, 3.8) is 0 Å². The van der Waals surface area contributed by atoms with Gasteiger partial charge < -0.3 is 26.0 Å². The van der Waals surface area contributed by atoms with Gasteiger partial charge in [0.15, 0.2) is 0 Å². The van der Waals surface area contributed by atoms with Crippen LogP contribution in [0.2, 0.25) is 10.0 Å². The van der Waals surface area contributed by atoms with Crippen molar-refractivity contribution in [2.45, 2.75) is 44.7 Å². The number of carbonyl (C=O) groups excluding carboxylic acids is 4. The minimum Gasteiger partial charge on any atom is -0.460 e. The number of Topliss-reactive ketones (excluding diaryl/α,β-unsaturated/α-hetero) is 2. The highest BCUT2D eigenvalue weighted by atomic mass is 35.5. The molecule has 0 aromatic heterocycles. The number of amides is 1. The van der Waals surface area contributed by atoms with Gasteiger partial charge in [0.05, 0.1) is 22.7 Å². The van der Waals surface area contributed by atoms with Crippen LogP contribution in [0.15, 0.2) is 84.9 Å². The third-order valence-electron chi connectivity index (χ3n) is 8.96. The van der Waals surface area contributed by atoms with Crippen LogP contribution in [0.4, 0.5) is 8.78 Å². The van der Waals surface area contributed by atoms with Crippen LogP contribution in [0.25, 0.3) is 0 Å². The normalized spacial score (nSPS) is 18.0. The number of nitrogens with two attached hydrogens (primary N) is 1. The lowest BCUT2D eigenvalue weighted by atomic mass is 10.0. The number of aliphatic hydroxyl groups is 2. The number of carbonyl (C=O) groups is 4. The van der Waals surface area contributed by atoms with E-state index >= 15 is 0 Å². The number of fused-ring (bicyclic) bond motifs is 2. The molecule has 0 saturated heterocycles. The Labute approximate surface area is 316 Å². The number of benzene rings is 4. The van der Waals surface area contributed by atoms with Crippen LogP contribution in [0, 0.1) is 23.5 Å². The molecule has 4 aromatic rings. The molecule has 4 aromatic carbocycles. The lowest BCUT2D eigenvalue weighted by Gasteiger charge is -2.20. The Hall–Kier alpha value is -4.52. The molecule has 0 radical (unpaired) electrons. The minimum atomic E-state index is -0.905. The van der Waals surface area contributed by atoms with Gasteiger partial charge in [0.25, 0.3) is 5.91 Å². The number of aliphatic hydroxyl groups excluding tert-OH is 2. The Bertz CT molecular complexity index is 1940. The summed E-state index contributed by atoms with van der Waals surface area (Å²) in [6.45, 7) is 1.85. The summed E-state index contributed by atoms with van der Waals surface area (Å²) in [5.41, 5.74) is 11.2. The first-order valence-electron chi connectivity index (χ1n) is 16.9. The highest BCUT2D eigenvalue weighted by Crippen LogP contribution is 2.36. The van der Waals surface area contributed by atoms with E-state index in [0.29, 0.717) is 17.5 Å². The monoisotopic (exact) mass is 768 g/mol. The molecular formula is C40H40Cl2F2N2O7. The predicted octanol–water partition coefficient (Wildman–Crippen LogP) is 5.62. The van der Waals surface area contributed by atoms with Gasteiger partial charge in [-0.15, -0.1) is 0 Å². The molecule has 0 bridgehead atoms. The Morgan fingerprint density at radius 1 is 0.755 bits per heavy atom. The van der Waals surface area contributed by atoms with Gasteiger partial charge in [0.1, 0.15) is 11.6 Å². The van der Waals surface area contributed by atoms with Crippen molar-refractivity contribution in [2.24, 2.45) is 17.6 Å². The van der Waals surface area contributed by atoms with Crippen LogP contribution in [-0.4, -0.2) is 53.5 Å². The summed E-state index contributed by atoms with van der Waals surface area (Å²) in [5.74, 6) is -4.20. The molecule has 13 heteroatoms. The Morgan fingerprint density at radius 3 is 1.75 bits per heavy atom. The fourth-order valence-electron chi connectivity index (χ4n) is 6.19. The summed E-state index contributed by atoms with van der Waals surface area (Å²) in [4.78, 5) is 46.7. The smallest absolute Gasteiger partial charge is 0.374 e. The van der Waals surface area contributed by atoms with Gasteiger partial charge in [-0.25, -0.2) is 13.6 Å². The number of hydrogen-bond donors (Lipinski definition) is 4. The molecule has 2 aliphatic carbocycles. The SMILES string of the molecule is CCOC(=O)C(=O)Cc1ccc(Cl)c(F)c1.N[C@H]1c2ccccc2C[C@H]1CO.O=C(Cc1ccc(Cl)c(F)c1)C(=O)N[C@H]1c2ccccc2C[C@H]1CO. The van der Waals surface area contributed by atoms with Gasteiger partial charge in [-0.3, -0.25) is 14.4 Å². The first kappa shape index (κ1) is 41.2. The fraction of sp³-hybridized carbons (Fsp3) is 0.300. The molecule has 0 aliphatic heterocycles. The van der Waals surface area contributed by atoms with Gasteiger partial charge in [-0.1, -0.05) is 83.9 Å². The number of ether oxygens (including phenoxy) is 1. The van der Waals surface area contributed by atoms with Gasteiger partial charge in [-0.2, -0.15) is 0 Å². The third-order valence-corrected chi connectivity index (χ3v) is 9.57. The van der Waals surface area contributed by atoms with E-state index in [4.69, 9.17) is 34.0 Å². The highest BCUT2D eigenvalue weighted by molar-refractivity contribution is 6.36. The molecule has 0 heterocycles. The van der Waals surface area contributed by atoms with Crippen molar-refractivity contribution in [2.75, 3.05) is 19.8 Å². The molecular weight excluding hydrogens is 729 g/mol. The topological polar surface area (TPSA) is 156 Å². The van der Waals surface area contributed by atoms with Crippen molar-refractivity contribution >= 4 is 46.6 Å². The first-order chi connectivity index (χ1) is 25.4. The lowest BCUT2D eigenvalue weighted by molar-refractivity contribution is -0.153. The van der Waals surface area contributed by atoms with Crippen LogP contribution in [-0.2, 0) is 49.6 Å². The van der Waals surface area contributed by atoms with E-state index < -0.39 is 41.1 Å². The van der Waals surface area contributed by atoms with E-state index in [1.807, 2.05) is 36.4 Å². The van der Waals surface area contributed by atoms with Crippen molar-refractivity contribution in [1.82, 2.24) is 5.32 Å². The number of esters is 1. The molecule has 0 unspecified atom stereocenters. The maximum absolute atomic E-state index is 13.4. The van der Waals surface area contributed by atoms with Crippen LogP contribution in [0.5, 0.6) is 0 Å². The van der Waals surface area contributed by atoms with E-state index in [0.717, 1.165) is 29.7 Å². The molecule has 9 nitrogen and oxygen atoms in total. The van der Waals surface area contributed by atoms with Gasteiger partial charge in [0.2, 0.25) is 11.6 Å². The van der Waals surface area contributed by atoms with Gasteiger partial charge in [-0.05, 0) is 77.4 Å². The molecule has 5 N–H and O–H groups in total. The summed E-state index contributed by atoms with van der Waals surface area (Å²) < 4.78 is 31.0. The van der Waals surface area contributed by atoms with Crippen LogP contribution in [0.3, 0.4) is 0 Å². The molecule has 2 aliphatic rings. The van der Waals surface area contributed by atoms with E-state index in [-0.39, 0.29) is 60.6 Å². The third kappa shape index (κ3) is 11.0. The zero-order valence-corrected chi connectivity index (χ0v) is 30.4. The zero-order chi connectivity index (χ0) is 38.7. The average Bonchev–Trinajstić information content (AvgIpc) is 3.68. The summed E-state index contributed by atoms with van der Waals surface area (Å²) in [6.07, 6.45) is 1.17.